The van der Waals surface area contributed by atoms with Gasteiger partial charge in [-0.15, -0.1) is 0 Å². The van der Waals surface area contributed by atoms with Crippen LogP contribution in [0.3, 0.4) is 0 Å². The first kappa shape index (κ1) is 12.4. The molecule has 0 spiro atoms. The maximum Gasteiger partial charge on any atom is 0.233 e. The van der Waals surface area contributed by atoms with E-state index in [0.717, 1.165) is 19.5 Å². The average molecular weight is 187 g/mol. The highest BCUT2D eigenvalue weighted by atomic mass is 16.2. The summed E-state index contributed by atoms with van der Waals surface area (Å²) in [6, 6.07) is 0. The zero-order valence-corrected chi connectivity index (χ0v) is 8.68. The number of carbonyl (C=O) groups is 1. The average Bonchev–Trinajstić information content (AvgIpc) is 2.14. The highest BCUT2D eigenvalue weighted by Gasteiger charge is 2.00. The molecular formula is C9H21N3O. The van der Waals surface area contributed by atoms with E-state index in [1.165, 1.54) is 12.8 Å². The third-order valence-corrected chi connectivity index (χ3v) is 2.00. The summed E-state index contributed by atoms with van der Waals surface area (Å²) in [5.41, 5.74) is 2.12. The molecule has 0 heterocycles. The van der Waals surface area contributed by atoms with Gasteiger partial charge in [-0.05, 0) is 33.0 Å². The van der Waals surface area contributed by atoms with Gasteiger partial charge in [-0.2, -0.15) is 0 Å². The molecule has 1 amide bonds. The zero-order valence-electron chi connectivity index (χ0n) is 8.68. The minimum atomic E-state index is -0.0797. The fraction of sp³-hybridized carbons (Fsp3) is 0.889. The van der Waals surface area contributed by atoms with E-state index in [2.05, 4.69) is 24.3 Å². The number of amides is 1. The molecule has 0 aliphatic rings. The molecule has 0 unspecified atom stereocenters. The summed E-state index contributed by atoms with van der Waals surface area (Å²) in [5.74, 6) is 4.88. The first-order valence-electron chi connectivity index (χ1n) is 4.88. The van der Waals surface area contributed by atoms with E-state index in [4.69, 9.17) is 5.84 Å². The molecule has 0 aromatic rings. The highest BCUT2D eigenvalue weighted by Crippen LogP contribution is 1.95. The number of nitrogens with two attached hydrogens (primary N) is 1. The molecule has 4 heteroatoms. The fourth-order valence-corrected chi connectivity index (χ4v) is 1.12. The van der Waals surface area contributed by atoms with Gasteiger partial charge in [0.25, 0.3) is 0 Å². The second-order valence-corrected chi connectivity index (χ2v) is 3.33. The predicted octanol–water partition coefficient (Wildman–Crippen LogP) is 0.488. The van der Waals surface area contributed by atoms with Crippen molar-refractivity contribution in [3.8, 4) is 0 Å². The largest absolute Gasteiger partial charge is 0.306 e. The van der Waals surface area contributed by atoms with Crippen LogP contribution in [0, 0.1) is 0 Å². The Morgan fingerprint density at radius 1 is 1.38 bits per heavy atom. The summed E-state index contributed by atoms with van der Waals surface area (Å²) < 4.78 is 0. The summed E-state index contributed by atoms with van der Waals surface area (Å²) in [6.45, 7) is 4.25. The molecule has 0 fully saturated rings. The Hall–Kier alpha value is -0.610. The normalized spacial score (nSPS) is 10.5. The van der Waals surface area contributed by atoms with Crippen LogP contribution in [-0.4, -0.2) is 30.9 Å². The number of nitrogens with zero attached hydrogens (tertiary/aromatic N) is 1. The van der Waals surface area contributed by atoms with Gasteiger partial charge in [0.05, 0.1) is 0 Å². The molecular weight excluding hydrogens is 166 g/mol. The van der Waals surface area contributed by atoms with Gasteiger partial charge in [0.2, 0.25) is 5.91 Å². The van der Waals surface area contributed by atoms with Gasteiger partial charge in [-0.1, -0.05) is 13.3 Å². The molecule has 0 saturated carbocycles. The van der Waals surface area contributed by atoms with Crippen LogP contribution < -0.4 is 11.3 Å². The van der Waals surface area contributed by atoms with Crippen molar-refractivity contribution in [2.75, 3.05) is 20.1 Å². The van der Waals surface area contributed by atoms with Crippen molar-refractivity contribution < 1.29 is 4.79 Å². The lowest BCUT2D eigenvalue weighted by Crippen LogP contribution is -2.30. The van der Waals surface area contributed by atoms with Crippen molar-refractivity contribution in [2.24, 2.45) is 5.84 Å². The summed E-state index contributed by atoms with van der Waals surface area (Å²) in [7, 11) is 2.08. The highest BCUT2D eigenvalue weighted by molar-refractivity contribution is 5.75. The Morgan fingerprint density at radius 3 is 2.54 bits per heavy atom. The van der Waals surface area contributed by atoms with Crippen LogP contribution in [0.2, 0.25) is 0 Å². The molecule has 0 aromatic heterocycles. The molecule has 0 aliphatic heterocycles. The third kappa shape index (κ3) is 7.74. The molecule has 3 N–H and O–H groups in total. The number of rotatable bonds is 7. The van der Waals surface area contributed by atoms with Crippen LogP contribution in [0.5, 0.6) is 0 Å². The lowest BCUT2D eigenvalue weighted by atomic mass is 10.2. The molecule has 4 nitrogen and oxygen atoms in total. The molecule has 0 aliphatic carbocycles. The molecule has 13 heavy (non-hydrogen) atoms. The van der Waals surface area contributed by atoms with Crippen LogP contribution in [0.15, 0.2) is 0 Å². The molecule has 0 saturated heterocycles. The second kappa shape index (κ2) is 8.01. The molecule has 0 rings (SSSR count). The van der Waals surface area contributed by atoms with Crippen molar-refractivity contribution in [1.29, 1.82) is 0 Å². The van der Waals surface area contributed by atoms with E-state index < -0.39 is 0 Å². The SMILES string of the molecule is CCCCN(C)CCCC(=O)NN. The van der Waals surface area contributed by atoms with E-state index in [-0.39, 0.29) is 5.91 Å². The van der Waals surface area contributed by atoms with Gasteiger partial charge in [-0.3, -0.25) is 10.2 Å². The van der Waals surface area contributed by atoms with Gasteiger partial charge in [0, 0.05) is 6.42 Å². The monoisotopic (exact) mass is 187 g/mol. The summed E-state index contributed by atoms with van der Waals surface area (Å²) in [6.07, 6.45) is 3.84. The van der Waals surface area contributed by atoms with Gasteiger partial charge in [0.1, 0.15) is 0 Å². The maximum atomic E-state index is 10.8. The standard InChI is InChI=1S/C9H21N3O/c1-3-4-7-12(2)8-5-6-9(13)11-10/h3-8,10H2,1-2H3,(H,11,13). The van der Waals surface area contributed by atoms with E-state index in [1.54, 1.807) is 0 Å². The smallest absolute Gasteiger partial charge is 0.233 e. The van der Waals surface area contributed by atoms with E-state index in [0.29, 0.717) is 6.42 Å². The molecule has 0 aromatic carbocycles. The van der Waals surface area contributed by atoms with Gasteiger partial charge in [-0.25, -0.2) is 5.84 Å². The summed E-state index contributed by atoms with van der Waals surface area (Å²) in [5, 5.41) is 0. The number of hydrogen-bond acceptors (Lipinski definition) is 3. The first-order chi connectivity index (χ1) is 6.20. The van der Waals surface area contributed by atoms with Crippen LogP contribution >= 0.6 is 0 Å². The van der Waals surface area contributed by atoms with Crippen LogP contribution in [-0.2, 0) is 4.79 Å². The zero-order chi connectivity index (χ0) is 10.1. The van der Waals surface area contributed by atoms with Crippen molar-refractivity contribution in [3.63, 3.8) is 0 Å². The quantitative estimate of drug-likeness (QED) is 0.346. The Labute approximate surface area is 80.4 Å². The Bertz CT molecular complexity index is 139. The van der Waals surface area contributed by atoms with Gasteiger partial charge < -0.3 is 4.90 Å². The van der Waals surface area contributed by atoms with Crippen LogP contribution in [0.25, 0.3) is 0 Å². The van der Waals surface area contributed by atoms with Crippen molar-refractivity contribution in [1.82, 2.24) is 10.3 Å². The fourth-order valence-electron chi connectivity index (χ4n) is 1.12. The van der Waals surface area contributed by atoms with E-state index >= 15 is 0 Å². The minimum absolute atomic E-state index is 0.0797. The van der Waals surface area contributed by atoms with Crippen LogP contribution in [0.1, 0.15) is 32.6 Å². The van der Waals surface area contributed by atoms with Crippen molar-refractivity contribution >= 4 is 5.91 Å². The van der Waals surface area contributed by atoms with Gasteiger partial charge in [0.15, 0.2) is 0 Å². The number of unbranched alkanes of at least 4 members (excludes halogenated alkanes) is 1. The van der Waals surface area contributed by atoms with E-state index in [9.17, 15) is 4.79 Å². The number of nitrogens with one attached hydrogen (secondary N) is 1. The van der Waals surface area contributed by atoms with Crippen LogP contribution in [0.4, 0.5) is 0 Å². The Kier molecular flexibility index (Phi) is 7.63. The lowest BCUT2D eigenvalue weighted by molar-refractivity contribution is -0.121. The van der Waals surface area contributed by atoms with Crippen molar-refractivity contribution in [2.45, 2.75) is 32.6 Å². The third-order valence-electron chi connectivity index (χ3n) is 2.00. The Balaban J connectivity index is 3.26. The number of hydrogen-bond donors (Lipinski definition) is 2. The summed E-state index contributed by atoms with van der Waals surface area (Å²) >= 11 is 0. The number of hydrazine groups is 1. The number of carbonyl (C=O) groups excluding carboxylic acids is 1. The van der Waals surface area contributed by atoms with E-state index in [1.807, 2.05) is 0 Å². The Morgan fingerprint density at radius 2 is 2.00 bits per heavy atom. The topological polar surface area (TPSA) is 58.4 Å². The predicted molar refractivity (Wildman–Crippen MR) is 54.0 cm³/mol. The molecule has 78 valence electrons. The molecule has 0 bridgehead atoms. The summed E-state index contributed by atoms with van der Waals surface area (Å²) in [4.78, 5) is 13.0. The van der Waals surface area contributed by atoms with Gasteiger partial charge >= 0.3 is 0 Å². The molecule has 0 atom stereocenters. The minimum Gasteiger partial charge on any atom is -0.306 e. The van der Waals surface area contributed by atoms with Crippen molar-refractivity contribution in [3.05, 3.63) is 0 Å². The lowest BCUT2D eigenvalue weighted by Gasteiger charge is -2.15. The first-order valence-corrected chi connectivity index (χ1v) is 4.88. The second-order valence-electron chi connectivity index (χ2n) is 3.33. The maximum absolute atomic E-state index is 10.8. The molecule has 0 radical (unpaired) electrons.